The van der Waals surface area contributed by atoms with Gasteiger partial charge in [-0.3, -0.25) is 4.79 Å². The molecule has 2 aliphatic carbocycles. The van der Waals surface area contributed by atoms with E-state index in [2.05, 4.69) is 18.8 Å². The second-order valence-electron chi connectivity index (χ2n) is 7.15. The maximum Gasteiger partial charge on any atom is 0.228 e. The highest BCUT2D eigenvalue weighted by atomic mass is 32.1. The van der Waals surface area contributed by atoms with Crippen molar-refractivity contribution in [2.75, 3.05) is 0 Å². The van der Waals surface area contributed by atoms with Crippen molar-refractivity contribution in [3.05, 3.63) is 16.1 Å². The van der Waals surface area contributed by atoms with Crippen LogP contribution in [0, 0.1) is 5.41 Å². The molecule has 2 saturated carbocycles. The van der Waals surface area contributed by atoms with Crippen LogP contribution in [0.3, 0.4) is 0 Å². The number of carbonyl (C=O) groups is 1. The zero-order valence-corrected chi connectivity index (χ0v) is 13.3. The Morgan fingerprint density at radius 1 is 1.30 bits per heavy atom. The molecule has 1 heterocycles. The molecule has 0 bridgehead atoms. The van der Waals surface area contributed by atoms with Crippen LogP contribution in [-0.2, 0) is 10.2 Å². The van der Waals surface area contributed by atoms with Crippen molar-refractivity contribution in [3.63, 3.8) is 0 Å². The lowest BCUT2D eigenvalue weighted by Crippen LogP contribution is -2.46. The highest BCUT2D eigenvalue weighted by molar-refractivity contribution is 7.12. The largest absolute Gasteiger partial charge is 0.369 e. The molecule has 3 nitrogen and oxygen atoms in total. The number of hydrogen-bond donors (Lipinski definition) is 1. The van der Waals surface area contributed by atoms with E-state index in [1.807, 2.05) is 6.20 Å². The number of rotatable bonds is 3. The van der Waals surface area contributed by atoms with Crippen LogP contribution in [0.2, 0.25) is 0 Å². The number of carbonyl (C=O) groups excluding carboxylic acids is 1. The van der Waals surface area contributed by atoms with Crippen LogP contribution in [-0.4, -0.2) is 10.9 Å². The van der Waals surface area contributed by atoms with E-state index < -0.39 is 5.41 Å². The molecule has 4 heteroatoms. The van der Waals surface area contributed by atoms with Gasteiger partial charge in [-0.15, -0.1) is 11.3 Å². The van der Waals surface area contributed by atoms with Crippen molar-refractivity contribution in [2.24, 2.45) is 11.1 Å². The van der Waals surface area contributed by atoms with Crippen molar-refractivity contribution in [3.8, 4) is 0 Å². The predicted molar refractivity (Wildman–Crippen MR) is 81.8 cm³/mol. The molecule has 20 heavy (non-hydrogen) atoms. The monoisotopic (exact) mass is 292 g/mol. The number of aromatic nitrogens is 1. The zero-order chi connectivity index (χ0) is 14.4. The van der Waals surface area contributed by atoms with E-state index >= 15 is 0 Å². The van der Waals surface area contributed by atoms with E-state index in [1.54, 1.807) is 11.3 Å². The summed E-state index contributed by atoms with van der Waals surface area (Å²) in [5.41, 5.74) is 5.58. The van der Waals surface area contributed by atoms with Crippen LogP contribution in [0.25, 0.3) is 0 Å². The molecule has 1 atom stereocenters. The Morgan fingerprint density at radius 3 is 2.60 bits per heavy atom. The van der Waals surface area contributed by atoms with Crippen LogP contribution in [0.4, 0.5) is 0 Å². The predicted octanol–water partition coefficient (Wildman–Crippen LogP) is 3.73. The number of primary amides is 1. The summed E-state index contributed by atoms with van der Waals surface area (Å²) in [5.74, 6) is 0.377. The highest BCUT2D eigenvalue weighted by Gasteiger charge is 2.46. The fraction of sp³-hybridized carbons (Fsp3) is 0.750. The van der Waals surface area contributed by atoms with Crippen LogP contribution in [0.1, 0.15) is 74.6 Å². The molecule has 110 valence electrons. The first kappa shape index (κ1) is 14.1. The van der Waals surface area contributed by atoms with Gasteiger partial charge in [0, 0.05) is 17.0 Å². The van der Waals surface area contributed by atoms with Gasteiger partial charge in [-0.1, -0.05) is 33.1 Å². The molecule has 2 fully saturated rings. The smallest absolute Gasteiger partial charge is 0.228 e. The van der Waals surface area contributed by atoms with Crippen LogP contribution in [0.5, 0.6) is 0 Å². The average molecular weight is 292 g/mol. The lowest BCUT2D eigenvalue weighted by molar-refractivity contribution is -0.126. The van der Waals surface area contributed by atoms with Gasteiger partial charge < -0.3 is 5.73 Å². The summed E-state index contributed by atoms with van der Waals surface area (Å²) in [6, 6.07) is 0. The van der Waals surface area contributed by atoms with E-state index in [1.165, 1.54) is 30.7 Å². The van der Waals surface area contributed by atoms with Gasteiger partial charge in [-0.25, -0.2) is 4.98 Å². The Balaban J connectivity index is 1.88. The molecule has 0 unspecified atom stereocenters. The van der Waals surface area contributed by atoms with E-state index in [0.29, 0.717) is 11.3 Å². The summed E-state index contributed by atoms with van der Waals surface area (Å²) in [5, 5.41) is 1.22. The number of thiazole rings is 1. The Labute approximate surface area is 125 Å². The van der Waals surface area contributed by atoms with Crippen molar-refractivity contribution >= 4 is 17.2 Å². The molecular weight excluding hydrogens is 268 g/mol. The van der Waals surface area contributed by atoms with Crippen molar-refractivity contribution < 1.29 is 4.79 Å². The van der Waals surface area contributed by atoms with Gasteiger partial charge >= 0.3 is 0 Å². The first-order valence-corrected chi connectivity index (χ1v) is 8.53. The lowest BCUT2D eigenvalue weighted by Gasteiger charge is -2.38. The van der Waals surface area contributed by atoms with Gasteiger partial charge in [0.2, 0.25) is 5.91 Å². The zero-order valence-electron chi connectivity index (χ0n) is 12.4. The van der Waals surface area contributed by atoms with E-state index in [4.69, 9.17) is 5.73 Å². The molecule has 0 aromatic carbocycles. The van der Waals surface area contributed by atoms with Crippen LogP contribution >= 0.6 is 11.3 Å². The Morgan fingerprint density at radius 2 is 2.05 bits per heavy atom. The first-order valence-electron chi connectivity index (χ1n) is 7.72. The summed E-state index contributed by atoms with van der Waals surface area (Å²) in [7, 11) is 0. The van der Waals surface area contributed by atoms with Gasteiger partial charge in [-0.2, -0.15) is 0 Å². The van der Waals surface area contributed by atoms with Crippen molar-refractivity contribution in [1.29, 1.82) is 0 Å². The molecule has 0 radical (unpaired) electrons. The lowest BCUT2D eigenvalue weighted by atomic mass is 9.67. The highest BCUT2D eigenvalue weighted by Crippen LogP contribution is 2.51. The van der Waals surface area contributed by atoms with Crippen molar-refractivity contribution in [2.45, 2.75) is 70.1 Å². The summed E-state index contributed by atoms with van der Waals surface area (Å²) < 4.78 is 0. The molecular formula is C16H24N2OS. The maximum atomic E-state index is 11.8. The van der Waals surface area contributed by atoms with Crippen LogP contribution < -0.4 is 5.73 Å². The molecule has 0 saturated heterocycles. The summed E-state index contributed by atoms with van der Waals surface area (Å²) >= 11 is 1.74. The molecule has 0 aliphatic heterocycles. The molecule has 2 aliphatic rings. The van der Waals surface area contributed by atoms with Gasteiger partial charge in [0.1, 0.15) is 0 Å². The molecule has 2 N–H and O–H groups in total. The number of amides is 1. The molecule has 1 aromatic heterocycles. The van der Waals surface area contributed by atoms with E-state index in [-0.39, 0.29) is 5.91 Å². The minimum Gasteiger partial charge on any atom is -0.369 e. The van der Waals surface area contributed by atoms with Gasteiger partial charge in [0.15, 0.2) is 0 Å². The van der Waals surface area contributed by atoms with E-state index in [9.17, 15) is 4.79 Å². The Bertz CT molecular complexity index is 516. The first-order chi connectivity index (χ1) is 9.46. The standard InChI is InChI=1S/C16H24N2OS/c1-15(2)7-4-3-6-11(15)13-18-10-12(20-13)16(14(17)19)8-5-9-16/h10-11H,3-9H2,1-2H3,(H2,17,19)/t11-/m0/s1. The van der Waals surface area contributed by atoms with Gasteiger partial charge in [0.25, 0.3) is 0 Å². The summed E-state index contributed by atoms with van der Waals surface area (Å²) in [6.45, 7) is 4.70. The average Bonchev–Trinajstić information content (AvgIpc) is 2.75. The van der Waals surface area contributed by atoms with Crippen LogP contribution in [0.15, 0.2) is 6.20 Å². The number of hydrogen-bond acceptors (Lipinski definition) is 3. The minimum atomic E-state index is -0.394. The van der Waals surface area contributed by atoms with Gasteiger partial charge in [0.05, 0.1) is 10.4 Å². The summed E-state index contributed by atoms with van der Waals surface area (Å²) in [6.07, 6.45) is 9.95. The second kappa shape index (κ2) is 4.83. The third kappa shape index (κ3) is 2.09. The number of nitrogens with two attached hydrogens (primary N) is 1. The number of nitrogens with zero attached hydrogens (tertiary/aromatic N) is 1. The quantitative estimate of drug-likeness (QED) is 0.922. The minimum absolute atomic E-state index is 0.165. The normalized spacial score (nSPS) is 27.8. The maximum absolute atomic E-state index is 11.8. The Kier molecular flexibility index (Phi) is 3.39. The molecule has 0 spiro atoms. The van der Waals surface area contributed by atoms with Crippen molar-refractivity contribution in [1.82, 2.24) is 4.98 Å². The molecule has 1 aromatic rings. The molecule has 3 rings (SSSR count). The third-order valence-corrected chi connectivity index (χ3v) is 6.79. The van der Waals surface area contributed by atoms with E-state index in [0.717, 1.165) is 24.1 Å². The SMILES string of the molecule is CC1(C)CCCC[C@H]1c1ncc(C2(C(N)=O)CCC2)s1. The van der Waals surface area contributed by atoms with Gasteiger partial charge in [-0.05, 0) is 31.1 Å². The topological polar surface area (TPSA) is 56.0 Å². The summed E-state index contributed by atoms with van der Waals surface area (Å²) in [4.78, 5) is 17.6. The fourth-order valence-electron chi connectivity index (χ4n) is 3.77. The third-order valence-electron chi connectivity index (χ3n) is 5.48. The second-order valence-corrected chi connectivity index (χ2v) is 8.21. The Hall–Kier alpha value is -0.900. The molecule has 1 amide bonds. The fourth-order valence-corrected chi connectivity index (χ4v) is 5.28.